The molecule has 1 aromatic heterocycles. The molecule has 0 saturated heterocycles. The van der Waals surface area contributed by atoms with E-state index in [0.717, 1.165) is 16.2 Å². The Balaban J connectivity index is 1.83. The quantitative estimate of drug-likeness (QED) is 0.859. The second-order valence-electron chi connectivity index (χ2n) is 4.43. The number of nitrogens with one attached hydrogen (secondary N) is 1. The fraction of sp³-hybridized carbons (Fsp3) is 0.154. The van der Waals surface area contributed by atoms with Gasteiger partial charge in [-0.2, -0.15) is 0 Å². The molecule has 8 heteroatoms. The van der Waals surface area contributed by atoms with E-state index in [1.54, 1.807) is 24.3 Å². The van der Waals surface area contributed by atoms with Crippen LogP contribution in [0.4, 0.5) is 5.13 Å². The lowest BCUT2D eigenvalue weighted by molar-refractivity contribution is -0.119. The molecule has 3 amide bonds. The highest BCUT2D eigenvalue weighted by Crippen LogP contribution is 2.24. The van der Waals surface area contributed by atoms with Gasteiger partial charge < -0.3 is 0 Å². The first-order valence-corrected chi connectivity index (χ1v) is 7.01. The third kappa shape index (κ3) is 2.19. The Morgan fingerprint density at radius 1 is 1.24 bits per heavy atom. The van der Waals surface area contributed by atoms with Crippen molar-refractivity contribution in [1.29, 1.82) is 0 Å². The molecule has 1 aliphatic heterocycles. The molecule has 0 aliphatic carbocycles. The molecule has 106 valence electrons. The van der Waals surface area contributed by atoms with Crippen molar-refractivity contribution in [2.75, 3.05) is 5.32 Å². The average Bonchev–Trinajstić information content (AvgIpc) is 3.07. The summed E-state index contributed by atoms with van der Waals surface area (Å²) in [6.07, 6.45) is 0. The molecule has 7 nitrogen and oxygen atoms in total. The Morgan fingerprint density at radius 3 is 2.38 bits per heavy atom. The lowest BCUT2D eigenvalue weighted by Gasteiger charge is -2.20. The van der Waals surface area contributed by atoms with E-state index >= 15 is 0 Å². The second-order valence-corrected chi connectivity index (χ2v) is 5.27. The fourth-order valence-electron chi connectivity index (χ4n) is 2.11. The Morgan fingerprint density at radius 2 is 1.86 bits per heavy atom. The van der Waals surface area contributed by atoms with Gasteiger partial charge in [0.05, 0.1) is 11.1 Å². The van der Waals surface area contributed by atoms with Crippen molar-refractivity contribution in [2.24, 2.45) is 0 Å². The number of hydrogen-bond acceptors (Lipinski definition) is 6. The average molecular weight is 302 g/mol. The minimum absolute atomic E-state index is 0.318. The van der Waals surface area contributed by atoms with E-state index in [4.69, 9.17) is 0 Å². The van der Waals surface area contributed by atoms with Gasteiger partial charge in [-0.3, -0.25) is 24.6 Å². The Labute approximate surface area is 123 Å². The zero-order valence-corrected chi connectivity index (χ0v) is 11.8. The van der Waals surface area contributed by atoms with Crippen molar-refractivity contribution in [3.63, 3.8) is 0 Å². The third-order valence-electron chi connectivity index (χ3n) is 3.18. The zero-order valence-electron chi connectivity index (χ0n) is 10.9. The summed E-state index contributed by atoms with van der Waals surface area (Å²) in [6.45, 7) is 1.50. The SMILES string of the molecule is C[C@@H](C(=O)Nc1nncs1)N1C(=O)c2ccccc2C1=O. The van der Waals surface area contributed by atoms with Gasteiger partial charge in [-0.1, -0.05) is 23.5 Å². The minimum Gasteiger partial charge on any atom is -0.299 e. The fourth-order valence-corrected chi connectivity index (χ4v) is 2.56. The normalized spacial score (nSPS) is 15.0. The van der Waals surface area contributed by atoms with Crippen molar-refractivity contribution in [3.8, 4) is 0 Å². The molecule has 21 heavy (non-hydrogen) atoms. The number of rotatable bonds is 3. The van der Waals surface area contributed by atoms with E-state index < -0.39 is 23.8 Å². The number of nitrogens with zero attached hydrogens (tertiary/aromatic N) is 3. The molecule has 1 N–H and O–H groups in total. The van der Waals surface area contributed by atoms with Crippen molar-refractivity contribution < 1.29 is 14.4 Å². The van der Waals surface area contributed by atoms with Crippen LogP contribution in [0.15, 0.2) is 29.8 Å². The van der Waals surface area contributed by atoms with Gasteiger partial charge in [0.1, 0.15) is 11.6 Å². The third-order valence-corrected chi connectivity index (χ3v) is 3.79. The molecule has 0 spiro atoms. The zero-order chi connectivity index (χ0) is 15.0. The summed E-state index contributed by atoms with van der Waals surface area (Å²) in [7, 11) is 0. The first-order valence-electron chi connectivity index (χ1n) is 6.13. The molecule has 0 fully saturated rings. The molecule has 3 rings (SSSR count). The van der Waals surface area contributed by atoms with Gasteiger partial charge in [-0.05, 0) is 19.1 Å². The smallest absolute Gasteiger partial charge is 0.262 e. The van der Waals surface area contributed by atoms with Crippen LogP contribution in [0.5, 0.6) is 0 Å². The molecular weight excluding hydrogens is 292 g/mol. The topological polar surface area (TPSA) is 92.3 Å². The molecular formula is C13H10N4O3S. The minimum atomic E-state index is -0.929. The summed E-state index contributed by atoms with van der Waals surface area (Å²) in [5.74, 6) is -1.41. The summed E-state index contributed by atoms with van der Waals surface area (Å²) in [4.78, 5) is 37.6. The molecule has 1 aromatic carbocycles. The van der Waals surface area contributed by atoms with Crippen LogP contribution in [-0.2, 0) is 4.79 Å². The van der Waals surface area contributed by atoms with E-state index in [-0.39, 0.29) is 0 Å². The van der Waals surface area contributed by atoms with Gasteiger partial charge in [0.25, 0.3) is 11.8 Å². The molecule has 0 radical (unpaired) electrons. The number of fused-ring (bicyclic) bond motifs is 1. The van der Waals surface area contributed by atoms with Crippen LogP contribution in [0.2, 0.25) is 0 Å². The number of hydrogen-bond donors (Lipinski definition) is 1. The molecule has 1 atom stereocenters. The first-order chi connectivity index (χ1) is 10.1. The number of imide groups is 1. The highest BCUT2D eigenvalue weighted by molar-refractivity contribution is 7.13. The van der Waals surface area contributed by atoms with Crippen molar-refractivity contribution in [1.82, 2.24) is 15.1 Å². The first kappa shape index (κ1) is 13.4. The Hall–Kier alpha value is -2.61. The predicted octanol–water partition coefficient (Wildman–Crippen LogP) is 1.16. The summed E-state index contributed by atoms with van der Waals surface area (Å²) in [6, 6.07) is 5.58. The lowest BCUT2D eigenvalue weighted by Crippen LogP contribution is -2.45. The van der Waals surface area contributed by atoms with Crippen LogP contribution in [0, 0.1) is 0 Å². The standard InChI is InChI=1S/C13H10N4O3S/c1-7(10(18)15-13-16-14-6-21-13)17-11(19)8-4-2-3-5-9(8)12(17)20/h2-7H,1H3,(H,15,16,18)/t7-/m0/s1. The van der Waals surface area contributed by atoms with E-state index in [9.17, 15) is 14.4 Å². The number of anilines is 1. The monoisotopic (exact) mass is 302 g/mol. The van der Waals surface area contributed by atoms with Crippen molar-refractivity contribution >= 4 is 34.2 Å². The maximum absolute atomic E-state index is 12.3. The molecule has 0 bridgehead atoms. The van der Waals surface area contributed by atoms with Crippen LogP contribution < -0.4 is 5.32 Å². The number of amides is 3. The van der Waals surface area contributed by atoms with E-state index in [1.165, 1.54) is 12.4 Å². The van der Waals surface area contributed by atoms with Gasteiger partial charge in [0, 0.05) is 0 Å². The molecule has 0 saturated carbocycles. The molecule has 2 heterocycles. The maximum Gasteiger partial charge on any atom is 0.262 e. The maximum atomic E-state index is 12.3. The van der Waals surface area contributed by atoms with Gasteiger partial charge in [0.15, 0.2) is 0 Å². The van der Waals surface area contributed by atoms with Crippen LogP contribution in [0.3, 0.4) is 0 Å². The summed E-state index contributed by atoms with van der Waals surface area (Å²) in [5.41, 5.74) is 2.11. The Bertz CT molecular complexity index is 694. The van der Waals surface area contributed by atoms with E-state index in [2.05, 4.69) is 15.5 Å². The van der Waals surface area contributed by atoms with Crippen LogP contribution in [0.1, 0.15) is 27.6 Å². The summed E-state index contributed by atoms with van der Waals surface area (Å²) >= 11 is 1.16. The lowest BCUT2D eigenvalue weighted by atomic mass is 10.1. The van der Waals surface area contributed by atoms with Crippen LogP contribution in [-0.4, -0.2) is 38.9 Å². The second kappa shape index (κ2) is 5.06. The van der Waals surface area contributed by atoms with Gasteiger partial charge in [-0.25, -0.2) is 0 Å². The van der Waals surface area contributed by atoms with Gasteiger partial charge >= 0.3 is 0 Å². The summed E-state index contributed by atoms with van der Waals surface area (Å²) in [5, 5.41) is 10.1. The van der Waals surface area contributed by atoms with E-state index in [0.29, 0.717) is 16.3 Å². The number of carbonyl (C=O) groups excluding carboxylic acids is 3. The van der Waals surface area contributed by atoms with Gasteiger partial charge in [0.2, 0.25) is 11.0 Å². The van der Waals surface area contributed by atoms with Gasteiger partial charge in [-0.15, -0.1) is 10.2 Å². The van der Waals surface area contributed by atoms with E-state index in [1.807, 2.05) is 0 Å². The van der Waals surface area contributed by atoms with Crippen LogP contribution in [0.25, 0.3) is 0 Å². The highest BCUT2D eigenvalue weighted by atomic mass is 32.1. The molecule has 0 unspecified atom stereocenters. The molecule has 1 aliphatic rings. The Kier molecular flexibility index (Phi) is 3.22. The largest absolute Gasteiger partial charge is 0.299 e. The highest BCUT2D eigenvalue weighted by Gasteiger charge is 2.40. The predicted molar refractivity (Wildman–Crippen MR) is 74.9 cm³/mol. The summed E-state index contributed by atoms with van der Waals surface area (Å²) < 4.78 is 0. The number of benzene rings is 1. The van der Waals surface area contributed by atoms with Crippen molar-refractivity contribution in [2.45, 2.75) is 13.0 Å². The number of aromatic nitrogens is 2. The van der Waals surface area contributed by atoms with Crippen molar-refractivity contribution in [3.05, 3.63) is 40.9 Å². The number of carbonyl (C=O) groups is 3. The van der Waals surface area contributed by atoms with Crippen LogP contribution >= 0.6 is 11.3 Å². The molecule has 2 aromatic rings.